The number of anilines is 1. The van der Waals surface area contributed by atoms with Crippen LogP contribution < -0.4 is 10.1 Å². The van der Waals surface area contributed by atoms with Gasteiger partial charge in [-0.3, -0.25) is 14.4 Å². The second-order valence-electron chi connectivity index (χ2n) is 9.10. The van der Waals surface area contributed by atoms with Crippen LogP contribution in [0.15, 0.2) is 53.9 Å². The van der Waals surface area contributed by atoms with Crippen LogP contribution in [0.2, 0.25) is 0 Å². The molecule has 3 aromatic rings. The molecule has 1 N–H and O–H groups in total. The minimum absolute atomic E-state index is 0.0679. The number of rotatable bonds is 9. The molecule has 212 valence electrons. The zero-order chi connectivity index (χ0) is 28.7. The van der Waals surface area contributed by atoms with Crippen molar-refractivity contribution in [2.24, 2.45) is 0 Å². The molecule has 1 aliphatic heterocycles. The molecule has 4 rings (SSSR count). The molecule has 8 nitrogen and oxygen atoms in total. The number of alkyl halides is 3. The van der Waals surface area contributed by atoms with Crippen LogP contribution in [0.5, 0.6) is 5.75 Å². The van der Waals surface area contributed by atoms with E-state index in [1.54, 1.807) is 41.5 Å². The molecular formula is C28H28F3N3O5S. The summed E-state index contributed by atoms with van der Waals surface area (Å²) in [6.07, 6.45) is -3.18. The molecule has 1 saturated heterocycles. The van der Waals surface area contributed by atoms with Gasteiger partial charge in [0.2, 0.25) is 5.91 Å². The molecule has 0 aliphatic carbocycles. The predicted molar refractivity (Wildman–Crippen MR) is 143 cm³/mol. The molecule has 2 aromatic carbocycles. The Hall–Kier alpha value is -3.93. The highest BCUT2D eigenvalue weighted by Gasteiger charge is 2.31. The van der Waals surface area contributed by atoms with E-state index in [2.05, 4.69) is 15.0 Å². The summed E-state index contributed by atoms with van der Waals surface area (Å²) < 4.78 is 46.2. The highest BCUT2D eigenvalue weighted by molar-refractivity contribution is 7.10. The maximum atomic E-state index is 13.0. The van der Waals surface area contributed by atoms with E-state index in [4.69, 9.17) is 4.74 Å². The lowest BCUT2D eigenvalue weighted by molar-refractivity contribution is -0.274. The number of likely N-dealkylation sites (tertiary alicyclic amines) is 1. The Morgan fingerprint density at radius 1 is 1.05 bits per heavy atom. The lowest BCUT2D eigenvalue weighted by Crippen LogP contribution is -2.38. The van der Waals surface area contributed by atoms with E-state index in [1.807, 2.05) is 0 Å². The van der Waals surface area contributed by atoms with Crippen LogP contribution in [0.4, 0.5) is 18.9 Å². The second-order valence-corrected chi connectivity index (χ2v) is 9.99. The van der Waals surface area contributed by atoms with Gasteiger partial charge >= 0.3 is 12.3 Å². The van der Waals surface area contributed by atoms with Gasteiger partial charge in [0.05, 0.1) is 18.0 Å². The number of nitrogens with zero attached hydrogens (tertiary/aromatic N) is 2. The molecule has 1 aliphatic rings. The average Bonchev–Trinajstić information content (AvgIpc) is 3.43. The molecule has 0 saturated carbocycles. The first-order valence-corrected chi connectivity index (χ1v) is 13.7. The van der Waals surface area contributed by atoms with Crippen molar-refractivity contribution < 1.29 is 37.0 Å². The number of thiazole rings is 1. The van der Waals surface area contributed by atoms with E-state index in [0.717, 1.165) is 5.01 Å². The molecule has 0 unspecified atom stereocenters. The van der Waals surface area contributed by atoms with Gasteiger partial charge in [0.15, 0.2) is 0 Å². The summed E-state index contributed by atoms with van der Waals surface area (Å²) in [5.74, 6) is -1.08. The Balaban J connectivity index is 1.34. The highest BCUT2D eigenvalue weighted by atomic mass is 32.1. The minimum atomic E-state index is -4.78. The van der Waals surface area contributed by atoms with Crippen LogP contribution in [-0.2, 0) is 14.3 Å². The Kier molecular flexibility index (Phi) is 9.41. The number of aromatic nitrogens is 1. The third-order valence-electron chi connectivity index (χ3n) is 6.37. The Bertz CT molecular complexity index is 1340. The van der Waals surface area contributed by atoms with Crippen molar-refractivity contribution >= 4 is 34.8 Å². The van der Waals surface area contributed by atoms with E-state index in [0.29, 0.717) is 42.7 Å². The number of carbonyl (C=O) groups excluding carboxylic acids is 3. The van der Waals surface area contributed by atoms with Crippen molar-refractivity contribution in [3.05, 3.63) is 64.6 Å². The first-order chi connectivity index (χ1) is 19.1. The molecule has 2 heterocycles. The predicted octanol–water partition coefficient (Wildman–Crippen LogP) is 6.01. The zero-order valence-electron chi connectivity index (χ0n) is 21.7. The van der Waals surface area contributed by atoms with Gasteiger partial charge in [0.25, 0.3) is 5.91 Å². The van der Waals surface area contributed by atoms with Crippen molar-refractivity contribution in [3.63, 3.8) is 0 Å². The minimum Gasteiger partial charge on any atom is -0.466 e. The molecule has 12 heteroatoms. The van der Waals surface area contributed by atoms with Gasteiger partial charge in [-0.2, -0.15) is 0 Å². The van der Waals surface area contributed by atoms with Gasteiger partial charge in [-0.05, 0) is 43.5 Å². The molecule has 0 radical (unpaired) electrons. The maximum absolute atomic E-state index is 13.0. The van der Waals surface area contributed by atoms with Crippen molar-refractivity contribution in [2.45, 2.75) is 44.9 Å². The fourth-order valence-corrected chi connectivity index (χ4v) is 5.39. The standard InChI is InChI=1S/C28H28F3N3O5S/c1-2-38-25(36)12-11-24(35)34-15-13-19(14-16-34)27-33-23(17-40-27)26(37)32-22-6-4-3-5-21(22)18-7-9-20(10-8-18)39-28(29,30)31/h3-10,17,19H,2,11-16H2,1H3,(H,32,37). The van der Waals surface area contributed by atoms with Crippen LogP contribution in [0.3, 0.4) is 0 Å². The zero-order valence-corrected chi connectivity index (χ0v) is 22.5. The number of piperidine rings is 1. The molecule has 0 bridgehead atoms. The van der Waals surface area contributed by atoms with Crippen molar-refractivity contribution in [1.29, 1.82) is 0 Å². The second kappa shape index (κ2) is 12.9. The highest BCUT2D eigenvalue weighted by Crippen LogP contribution is 2.33. The monoisotopic (exact) mass is 575 g/mol. The number of hydrogen-bond acceptors (Lipinski definition) is 7. The fraction of sp³-hybridized carbons (Fsp3) is 0.357. The lowest BCUT2D eigenvalue weighted by Gasteiger charge is -2.31. The summed E-state index contributed by atoms with van der Waals surface area (Å²) in [6, 6.07) is 12.4. The van der Waals surface area contributed by atoms with Crippen LogP contribution in [0, 0.1) is 0 Å². The first-order valence-electron chi connectivity index (χ1n) is 12.8. The summed E-state index contributed by atoms with van der Waals surface area (Å²) in [7, 11) is 0. The van der Waals surface area contributed by atoms with E-state index in [-0.39, 0.29) is 48.7 Å². The van der Waals surface area contributed by atoms with Crippen molar-refractivity contribution in [1.82, 2.24) is 9.88 Å². The van der Waals surface area contributed by atoms with E-state index in [1.165, 1.54) is 35.6 Å². The van der Waals surface area contributed by atoms with Crippen LogP contribution in [0.1, 0.15) is 54.0 Å². The number of carbonyl (C=O) groups is 3. The fourth-order valence-electron chi connectivity index (χ4n) is 4.42. The molecular weight excluding hydrogens is 547 g/mol. The molecule has 40 heavy (non-hydrogen) atoms. The number of nitrogens with one attached hydrogen (secondary N) is 1. The third kappa shape index (κ3) is 7.81. The van der Waals surface area contributed by atoms with Crippen molar-refractivity contribution in [2.75, 3.05) is 25.0 Å². The average molecular weight is 576 g/mol. The first kappa shape index (κ1) is 29.1. The largest absolute Gasteiger partial charge is 0.573 e. The van der Waals surface area contributed by atoms with Crippen LogP contribution >= 0.6 is 11.3 Å². The molecule has 0 spiro atoms. The van der Waals surface area contributed by atoms with Crippen LogP contribution in [-0.4, -0.2) is 53.7 Å². The summed E-state index contributed by atoms with van der Waals surface area (Å²) in [5.41, 5.74) is 1.98. The van der Waals surface area contributed by atoms with Crippen molar-refractivity contribution in [3.8, 4) is 16.9 Å². The summed E-state index contributed by atoms with van der Waals surface area (Å²) in [4.78, 5) is 43.2. The normalized spacial score (nSPS) is 14.1. The summed E-state index contributed by atoms with van der Waals surface area (Å²) >= 11 is 1.39. The number of ether oxygens (including phenoxy) is 2. The quantitative estimate of drug-likeness (QED) is 0.314. The number of hydrogen-bond donors (Lipinski definition) is 1. The van der Waals surface area contributed by atoms with E-state index < -0.39 is 12.3 Å². The number of esters is 1. The number of para-hydroxylation sites is 1. The van der Waals surface area contributed by atoms with Gasteiger partial charge < -0.3 is 19.7 Å². The Labute approximate surface area is 233 Å². The number of amides is 2. The summed E-state index contributed by atoms with van der Waals surface area (Å²) in [6.45, 7) is 3.11. The lowest BCUT2D eigenvalue weighted by atomic mass is 9.97. The van der Waals surface area contributed by atoms with E-state index in [9.17, 15) is 27.6 Å². The summed E-state index contributed by atoms with van der Waals surface area (Å²) in [5, 5.41) is 5.36. The Morgan fingerprint density at radius 2 is 1.75 bits per heavy atom. The number of benzene rings is 2. The SMILES string of the molecule is CCOC(=O)CCC(=O)N1CCC(c2nc(C(=O)Nc3ccccc3-c3ccc(OC(F)(F)F)cc3)cs2)CC1. The maximum Gasteiger partial charge on any atom is 0.573 e. The van der Waals surface area contributed by atoms with Gasteiger partial charge in [-0.1, -0.05) is 30.3 Å². The van der Waals surface area contributed by atoms with Crippen LogP contribution in [0.25, 0.3) is 11.1 Å². The van der Waals surface area contributed by atoms with Gasteiger partial charge in [-0.15, -0.1) is 24.5 Å². The molecule has 0 atom stereocenters. The van der Waals surface area contributed by atoms with Gasteiger partial charge in [0.1, 0.15) is 11.4 Å². The van der Waals surface area contributed by atoms with Gasteiger partial charge in [0, 0.05) is 42.1 Å². The third-order valence-corrected chi connectivity index (χ3v) is 7.38. The van der Waals surface area contributed by atoms with Gasteiger partial charge in [-0.25, -0.2) is 4.98 Å². The molecule has 2 amide bonds. The molecule has 1 fully saturated rings. The van der Waals surface area contributed by atoms with E-state index >= 15 is 0 Å². The Morgan fingerprint density at radius 3 is 2.42 bits per heavy atom. The smallest absolute Gasteiger partial charge is 0.466 e. The number of halogens is 3. The topological polar surface area (TPSA) is 97.8 Å². The molecule has 1 aromatic heterocycles.